The predicted octanol–water partition coefficient (Wildman–Crippen LogP) is 2.86. The number of hydrogen-bond donors (Lipinski definition) is 1. The number of halogens is 1. The third kappa shape index (κ3) is 3.08. The number of nitrogens with zero attached hydrogens (tertiary/aromatic N) is 2. The largest absolute Gasteiger partial charge is 0.383 e. The van der Waals surface area contributed by atoms with Gasteiger partial charge in [-0.3, -0.25) is 4.98 Å². The molecule has 2 aromatic rings. The van der Waals surface area contributed by atoms with Crippen LogP contribution in [0.25, 0.3) is 10.9 Å². The van der Waals surface area contributed by atoms with Crippen molar-refractivity contribution in [1.82, 2.24) is 9.88 Å². The van der Waals surface area contributed by atoms with Gasteiger partial charge in [0.25, 0.3) is 0 Å². The van der Waals surface area contributed by atoms with E-state index in [0.717, 1.165) is 34.7 Å². The number of aromatic nitrogens is 1. The minimum atomic E-state index is 0.737. The molecule has 1 aromatic heterocycles. The summed E-state index contributed by atoms with van der Waals surface area (Å²) in [5.41, 5.74) is 2.05. The molecule has 0 unspecified atom stereocenters. The summed E-state index contributed by atoms with van der Waals surface area (Å²) in [6, 6.07) is 7.73. The van der Waals surface area contributed by atoms with Crippen molar-refractivity contribution in [3.8, 4) is 0 Å². The van der Waals surface area contributed by atoms with Crippen molar-refractivity contribution in [3.63, 3.8) is 0 Å². The van der Waals surface area contributed by atoms with Gasteiger partial charge in [-0.2, -0.15) is 0 Å². The molecule has 0 aliphatic rings. The highest BCUT2D eigenvalue weighted by Gasteiger charge is 2.02. The molecule has 0 aliphatic heterocycles. The Kier molecular flexibility index (Phi) is 3.82. The summed E-state index contributed by atoms with van der Waals surface area (Å²) >= 11 is 6.01. The monoisotopic (exact) mass is 249 g/mol. The highest BCUT2D eigenvalue weighted by molar-refractivity contribution is 6.31. The quantitative estimate of drug-likeness (QED) is 0.903. The lowest BCUT2D eigenvalue weighted by Gasteiger charge is -2.12. The summed E-state index contributed by atoms with van der Waals surface area (Å²) in [5, 5.41) is 5.21. The lowest BCUT2D eigenvalue weighted by atomic mass is 10.2. The minimum absolute atomic E-state index is 0.737. The van der Waals surface area contributed by atoms with Gasteiger partial charge in [-0.1, -0.05) is 11.6 Å². The standard InChI is InChI=1S/C13H16ClN3/c1-17(2)8-7-16-13-5-6-15-12-4-3-10(14)9-11(12)13/h3-6,9H,7-8H2,1-2H3,(H,15,16). The molecule has 17 heavy (non-hydrogen) atoms. The van der Waals surface area contributed by atoms with Crippen molar-refractivity contribution in [1.29, 1.82) is 0 Å². The number of rotatable bonds is 4. The molecule has 0 saturated heterocycles. The van der Waals surface area contributed by atoms with Crippen molar-refractivity contribution in [2.45, 2.75) is 0 Å². The summed E-state index contributed by atoms with van der Waals surface area (Å²) in [6.07, 6.45) is 1.81. The zero-order chi connectivity index (χ0) is 12.3. The van der Waals surface area contributed by atoms with Crippen LogP contribution in [0.3, 0.4) is 0 Å². The lowest BCUT2D eigenvalue weighted by molar-refractivity contribution is 0.425. The molecule has 1 aromatic carbocycles. The fraction of sp³-hybridized carbons (Fsp3) is 0.308. The van der Waals surface area contributed by atoms with Crippen LogP contribution in [-0.2, 0) is 0 Å². The first-order valence-corrected chi connectivity index (χ1v) is 5.97. The van der Waals surface area contributed by atoms with Crippen molar-refractivity contribution < 1.29 is 0 Å². The first-order valence-electron chi connectivity index (χ1n) is 5.60. The van der Waals surface area contributed by atoms with Crippen LogP contribution < -0.4 is 5.32 Å². The van der Waals surface area contributed by atoms with E-state index >= 15 is 0 Å². The van der Waals surface area contributed by atoms with Crippen LogP contribution >= 0.6 is 11.6 Å². The Hall–Kier alpha value is -1.32. The molecule has 0 aliphatic carbocycles. The zero-order valence-corrected chi connectivity index (χ0v) is 10.8. The van der Waals surface area contributed by atoms with E-state index < -0.39 is 0 Å². The Balaban J connectivity index is 2.24. The second-order valence-electron chi connectivity index (χ2n) is 4.25. The normalized spacial score (nSPS) is 11.1. The third-order valence-corrected chi connectivity index (χ3v) is 2.81. The van der Waals surface area contributed by atoms with E-state index in [1.54, 1.807) is 0 Å². The Morgan fingerprint density at radius 1 is 1.29 bits per heavy atom. The van der Waals surface area contributed by atoms with Crippen molar-refractivity contribution >= 4 is 28.2 Å². The molecule has 3 nitrogen and oxygen atoms in total. The molecule has 1 N–H and O–H groups in total. The van der Waals surface area contributed by atoms with Crippen LogP contribution in [-0.4, -0.2) is 37.1 Å². The Morgan fingerprint density at radius 3 is 2.88 bits per heavy atom. The highest BCUT2D eigenvalue weighted by atomic mass is 35.5. The molecule has 0 spiro atoms. The second-order valence-corrected chi connectivity index (χ2v) is 4.69. The highest BCUT2D eigenvalue weighted by Crippen LogP contribution is 2.24. The van der Waals surface area contributed by atoms with E-state index in [1.807, 2.05) is 30.5 Å². The van der Waals surface area contributed by atoms with Gasteiger partial charge in [-0.15, -0.1) is 0 Å². The molecular weight excluding hydrogens is 234 g/mol. The molecule has 0 atom stereocenters. The molecule has 0 bridgehead atoms. The van der Waals surface area contributed by atoms with E-state index in [2.05, 4.69) is 29.3 Å². The lowest BCUT2D eigenvalue weighted by Crippen LogP contribution is -2.20. The van der Waals surface area contributed by atoms with Crippen LogP contribution in [0.4, 0.5) is 5.69 Å². The molecule has 0 fully saturated rings. The Bertz CT molecular complexity index is 511. The van der Waals surface area contributed by atoms with Crippen LogP contribution in [0.1, 0.15) is 0 Å². The van der Waals surface area contributed by atoms with E-state index in [9.17, 15) is 0 Å². The minimum Gasteiger partial charge on any atom is -0.383 e. The number of benzene rings is 1. The molecule has 0 amide bonds. The predicted molar refractivity (Wildman–Crippen MR) is 73.8 cm³/mol. The first-order chi connectivity index (χ1) is 8.16. The van der Waals surface area contributed by atoms with E-state index in [-0.39, 0.29) is 0 Å². The van der Waals surface area contributed by atoms with Crippen LogP contribution in [0.5, 0.6) is 0 Å². The molecule has 90 valence electrons. The number of hydrogen-bond acceptors (Lipinski definition) is 3. The van der Waals surface area contributed by atoms with Crippen LogP contribution in [0.15, 0.2) is 30.5 Å². The van der Waals surface area contributed by atoms with Gasteiger partial charge in [0, 0.05) is 35.4 Å². The Labute approximate surface area is 106 Å². The van der Waals surface area contributed by atoms with Gasteiger partial charge in [-0.05, 0) is 38.4 Å². The van der Waals surface area contributed by atoms with E-state index in [1.165, 1.54) is 0 Å². The molecule has 1 heterocycles. The molecule has 4 heteroatoms. The maximum absolute atomic E-state index is 6.01. The fourth-order valence-electron chi connectivity index (χ4n) is 1.69. The van der Waals surface area contributed by atoms with Gasteiger partial charge in [-0.25, -0.2) is 0 Å². The maximum Gasteiger partial charge on any atom is 0.0723 e. The third-order valence-electron chi connectivity index (χ3n) is 2.58. The van der Waals surface area contributed by atoms with Gasteiger partial charge in [0.05, 0.1) is 5.52 Å². The van der Waals surface area contributed by atoms with Crippen molar-refractivity contribution in [3.05, 3.63) is 35.5 Å². The maximum atomic E-state index is 6.01. The van der Waals surface area contributed by atoms with Crippen LogP contribution in [0, 0.1) is 0 Å². The molecule has 0 radical (unpaired) electrons. The van der Waals surface area contributed by atoms with Crippen molar-refractivity contribution in [2.24, 2.45) is 0 Å². The van der Waals surface area contributed by atoms with Gasteiger partial charge < -0.3 is 10.2 Å². The summed E-state index contributed by atoms with van der Waals surface area (Å²) in [4.78, 5) is 6.46. The summed E-state index contributed by atoms with van der Waals surface area (Å²) in [5.74, 6) is 0. The zero-order valence-electron chi connectivity index (χ0n) is 10.1. The van der Waals surface area contributed by atoms with E-state index in [4.69, 9.17) is 11.6 Å². The van der Waals surface area contributed by atoms with Gasteiger partial charge in [0.2, 0.25) is 0 Å². The number of pyridine rings is 1. The number of anilines is 1. The average Bonchev–Trinajstić information content (AvgIpc) is 2.29. The summed E-state index contributed by atoms with van der Waals surface area (Å²) in [6.45, 7) is 1.89. The summed E-state index contributed by atoms with van der Waals surface area (Å²) in [7, 11) is 4.12. The number of likely N-dealkylation sites (N-methyl/N-ethyl adjacent to an activating group) is 1. The Morgan fingerprint density at radius 2 is 2.12 bits per heavy atom. The van der Waals surface area contributed by atoms with Crippen LogP contribution in [0.2, 0.25) is 5.02 Å². The van der Waals surface area contributed by atoms with Gasteiger partial charge in [0.15, 0.2) is 0 Å². The smallest absolute Gasteiger partial charge is 0.0723 e. The second kappa shape index (κ2) is 5.34. The number of fused-ring (bicyclic) bond motifs is 1. The van der Waals surface area contributed by atoms with Gasteiger partial charge in [0.1, 0.15) is 0 Å². The molecular formula is C13H16ClN3. The van der Waals surface area contributed by atoms with E-state index in [0.29, 0.717) is 0 Å². The average molecular weight is 250 g/mol. The van der Waals surface area contributed by atoms with Crippen molar-refractivity contribution in [2.75, 3.05) is 32.5 Å². The summed E-state index contributed by atoms with van der Waals surface area (Å²) < 4.78 is 0. The SMILES string of the molecule is CN(C)CCNc1ccnc2ccc(Cl)cc12. The first kappa shape index (κ1) is 12.1. The fourth-order valence-corrected chi connectivity index (χ4v) is 1.86. The number of nitrogens with one attached hydrogen (secondary N) is 1. The topological polar surface area (TPSA) is 28.2 Å². The molecule has 0 saturated carbocycles. The molecule has 2 rings (SSSR count). The van der Waals surface area contributed by atoms with Gasteiger partial charge >= 0.3 is 0 Å².